The molecule has 102 valence electrons. The molecule has 0 amide bonds. The van der Waals surface area contributed by atoms with Crippen LogP contribution in [0.1, 0.15) is 45.3 Å². The van der Waals surface area contributed by atoms with Crippen molar-refractivity contribution in [3.05, 3.63) is 18.2 Å². The van der Waals surface area contributed by atoms with Crippen LogP contribution >= 0.6 is 0 Å². The summed E-state index contributed by atoms with van der Waals surface area (Å²) in [5.41, 5.74) is 1.21. The van der Waals surface area contributed by atoms with Gasteiger partial charge in [-0.05, 0) is 46.6 Å². The van der Waals surface area contributed by atoms with E-state index in [-0.39, 0.29) is 5.54 Å². The Balaban J connectivity index is 2.20. The quantitative estimate of drug-likeness (QED) is 0.892. The third kappa shape index (κ3) is 2.59. The molecule has 18 heavy (non-hydrogen) atoms. The van der Waals surface area contributed by atoms with E-state index >= 15 is 0 Å². The van der Waals surface area contributed by atoms with Crippen molar-refractivity contribution in [1.29, 1.82) is 0 Å². The molecule has 4 nitrogen and oxygen atoms in total. The fourth-order valence-electron chi connectivity index (χ4n) is 2.67. The summed E-state index contributed by atoms with van der Waals surface area (Å²) in [5, 5.41) is 3.36. The fraction of sp³-hybridized carbons (Fsp3) is 0.786. The third-order valence-electron chi connectivity index (χ3n) is 4.32. The van der Waals surface area contributed by atoms with Crippen LogP contribution in [0.2, 0.25) is 0 Å². The first-order valence-electron chi connectivity index (χ1n) is 6.85. The molecule has 1 N–H and O–H groups in total. The maximum Gasteiger partial charge on any atom is 0.0951 e. The molecule has 0 saturated carbocycles. The van der Waals surface area contributed by atoms with Crippen LogP contribution in [0.4, 0.5) is 0 Å². The Hall–Kier alpha value is -0.870. The molecule has 2 heterocycles. The smallest absolute Gasteiger partial charge is 0.0951 e. The van der Waals surface area contributed by atoms with Gasteiger partial charge in [-0.3, -0.25) is 0 Å². The molecule has 1 unspecified atom stereocenters. The van der Waals surface area contributed by atoms with Crippen molar-refractivity contribution in [3.63, 3.8) is 0 Å². The summed E-state index contributed by atoms with van der Waals surface area (Å²) >= 11 is 0. The van der Waals surface area contributed by atoms with Gasteiger partial charge in [0.1, 0.15) is 0 Å². The Morgan fingerprint density at radius 3 is 2.72 bits per heavy atom. The molecule has 1 aromatic rings. The standard InChI is InChI=1S/C14H25N3O/c1-11(12-5-7-18-8-6-12)17-10-16-9-13(17)14(2,3)15-4/h9-12,15H,5-8H2,1-4H3. The summed E-state index contributed by atoms with van der Waals surface area (Å²) in [6, 6.07) is 0.485. The predicted molar refractivity (Wildman–Crippen MR) is 72.6 cm³/mol. The zero-order chi connectivity index (χ0) is 13.2. The van der Waals surface area contributed by atoms with Gasteiger partial charge in [0, 0.05) is 19.3 Å². The van der Waals surface area contributed by atoms with E-state index < -0.39 is 0 Å². The van der Waals surface area contributed by atoms with Gasteiger partial charge in [0.15, 0.2) is 0 Å². The Morgan fingerprint density at radius 2 is 2.11 bits per heavy atom. The molecule has 1 atom stereocenters. The van der Waals surface area contributed by atoms with Crippen molar-refractivity contribution in [1.82, 2.24) is 14.9 Å². The molecule has 0 radical (unpaired) electrons. The van der Waals surface area contributed by atoms with Crippen molar-refractivity contribution in [2.45, 2.75) is 45.2 Å². The molecule has 1 aliphatic heterocycles. The average molecular weight is 251 g/mol. The van der Waals surface area contributed by atoms with E-state index in [4.69, 9.17) is 4.74 Å². The molecular formula is C14H25N3O. The maximum atomic E-state index is 5.45. The highest BCUT2D eigenvalue weighted by molar-refractivity contribution is 5.12. The first-order chi connectivity index (χ1) is 8.56. The molecule has 0 aliphatic carbocycles. The summed E-state index contributed by atoms with van der Waals surface area (Å²) in [6.07, 6.45) is 6.25. The van der Waals surface area contributed by atoms with E-state index in [2.05, 4.69) is 35.6 Å². The van der Waals surface area contributed by atoms with E-state index in [1.165, 1.54) is 5.69 Å². The van der Waals surface area contributed by atoms with Crippen LogP contribution in [0.25, 0.3) is 0 Å². The molecule has 0 spiro atoms. The normalized spacial score (nSPS) is 20.0. The van der Waals surface area contributed by atoms with Gasteiger partial charge < -0.3 is 14.6 Å². The highest BCUT2D eigenvalue weighted by atomic mass is 16.5. The summed E-state index contributed by atoms with van der Waals surface area (Å²) in [5.74, 6) is 0.694. The zero-order valence-electron chi connectivity index (χ0n) is 11.9. The minimum atomic E-state index is -0.0457. The molecule has 0 bridgehead atoms. The van der Waals surface area contributed by atoms with Gasteiger partial charge in [0.2, 0.25) is 0 Å². The van der Waals surface area contributed by atoms with Crippen molar-refractivity contribution in [2.24, 2.45) is 5.92 Å². The third-order valence-corrected chi connectivity index (χ3v) is 4.32. The summed E-state index contributed by atoms with van der Waals surface area (Å²) in [6.45, 7) is 8.48. The Bertz CT molecular complexity index is 380. The number of nitrogens with one attached hydrogen (secondary N) is 1. The number of rotatable bonds is 4. The minimum absolute atomic E-state index is 0.0457. The van der Waals surface area contributed by atoms with Gasteiger partial charge in [-0.15, -0.1) is 0 Å². The van der Waals surface area contributed by atoms with Gasteiger partial charge >= 0.3 is 0 Å². The number of aromatic nitrogens is 2. The van der Waals surface area contributed by atoms with Gasteiger partial charge in [0.25, 0.3) is 0 Å². The summed E-state index contributed by atoms with van der Waals surface area (Å²) in [7, 11) is 2.00. The Labute approximate surface area is 110 Å². The second-order valence-electron chi connectivity index (χ2n) is 5.75. The lowest BCUT2D eigenvalue weighted by atomic mass is 9.91. The van der Waals surface area contributed by atoms with E-state index in [1.807, 2.05) is 19.6 Å². The first-order valence-corrected chi connectivity index (χ1v) is 6.85. The van der Waals surface area contributed by atoms with Gasteiger partial charge in [-0.25, -0.2) is 4.98 Å². The van der Waals surface area contributed by atoms with Crippen LogP contribution in [0.5, 0.6) is 0 Å². The van der Waals surface area contributed by atoms with E-state index in [0.29, 0.717) is 12.0 Å². The van der Waals surface area contributed by atoms with E-state index in [0.717, 1.165) is 26.1 Å². The van der Waals surface area contributed by atoms with E-state index in [1.54, 1.807) is 0 Å². The summed E-state index contributed by atoms with van der Waals surface area (Å²) in [4.78, 5) is 4.34. The highest BCUT2D eigenvalue weighted by Crippen LogP contribution is 2.31. The van der Waals surface area contributed by atoms with Crippen LogP contribution in [0.15, 0.2) is 12.5 Å². The summed E-state index contributed by atoms with van der Waals surface area (Å²) < 4.78 is 7.77. The van der Waals surface area contributed by atoms with Crippen LogP contribution in [-0.2, 0) is 10.3 Å². The molecular weight excluding hydrogens is 226 g/mol. The molecule has 2 rings (SSSR count). The SMILES string of the molecule is CNC(C)(C)c1cncn1C(C)C1CCOCC1. The lowest BCUT2D eigenvalue weighted by Gasteiger charge is -2.33. The monoisotopic (exact) mass is 251 g/mol. The van der Waals surface area contributed by atoms with Crippen molar-refractivity contribution < 1.29 is 4.74 Å². The molecule has 1 fully saturated rings. The van der Waals surface area contributed by atoms with Crippen molar-refractivity contribution in [3.8, 4) is 0 Å². The van der Waals surface area contributed by atoms with E-state index in [9.17, 15) is 0 Å². The van der Waals surface area contributed by atoms with Crippen LogP contribution in [0.3, 0.4) is 0 Å². The Kier molecular flexibility index (Phi) is 4.07. The number of imidazole rings is 1. The van der Waals surface area contributed by atoms with Gasteiger partial charge in [-0.1, -0.05) is 0 Å². The van der Waals surface area contributed by atoms with Crippen molar-refractivity contribution in [2.75, 3.05) is 20.3 Å². The number of ether oxygens (including phenoxy) is 1. The number of hydrogen-bond donors (Lipinski definition) is 1. The van der Waals surface area contributed by atoms with Gasteiger partial charge in [0.05, 0.1) is 23.8 Å². The minimum Gasteiger partial charge on any atom is -0.381 e. The Morgan fingerprint density at radius 1 is 1.44 bits per heavy atom. The highest BCUT2D eigenvalue weighted by Gasteiger charge is 2.28. The second kappa shape index (κ2) is 5.41. The fourth-order valence-corrected chi connectivity index (χ4v) is 2.67. The molecule has 4 heteroatoms. The van der Waals surface area contributed by atoms with Gasteiger partial charge in [-0.2, -0.15) is 0 Å². The van der Waals surface area contributed by atoms with Crippen LogP contribution in [0, 0.1) is 5.92 Å². The lowest BCUT2D eigenvalue weighted by molar-refractivity contribution is 0.0504. The average Bonchev–Trinajstić information content (AvgIpc) is 2.89. The van der Waals surface area contributed by atoms with Crippen LogP contribution in [-0.4, -0.2) is 29.8 Å². The molecule has 1 aliphatic rings. The van der Waals surface area contributed by atoms with Crippen molar-refractivity contribution >= 4 is 0 Å². The lowest BCUT2D eigenvalue weighted by Crippen LogP contribution is -2.37. The second-order valence-corrected chi connectivity index (χ2v) is 5.75. The molecule has 1 saturated heterocycles. The zero-order valence-corrected chi connectivity index (χ0v) is 11.9. The first kappa shape index (κ1) is 13.6. The predicted octanol–water partition coefficient (Wildman–Crippen LogP) is 2.33. The van der Waals surface area contributed by atoms with Crippen LogP contribution < -0.4 is 5.32 Å². The topological polar surface area (TPSA) is 39.1 Å². The largest absolute Gasteiger partial charge is 0.381 e. The molecule has 1 aromatic heterocycles. The number of hydrogen-bond acceptors (Lipinski definition) is 3. The maximum absolute atomic E-state index is 5.45. The number of nitrogens with zero attached hydrogens (tertiary/aromatic N) is 2. The molecule has 0 aromatic carbocycles.